The predicted molar refractivity (Wildman–Crippen MR) is 91.6 cm³/mol. The molecule has 2 aliphatic rings. The number of hydrogen-bond acceptors (Lipinski definition) is 3. The van der Waals surface area contributed by atoms with E-state index >= 15 is 0 Å². The van der Waals surface area contributed by atoms with Gasteiger partial charge >= 0.3 is 6.03 Å². The molecule has 132 valence electrons. The second-order valence-electron chi connectivity index (χ2n) is 6.54. The van der Waals surface area contributed by atoms with Crippen LogP contribution >= 0.6 is 0 Å². The van der Waals surface area contributed by atoms with Crippen LogP contribution in [0.3, 0.4) is 0 Å². The first kappa shape index (κ1) is 15.7. The van der Waals surface area contributed by atoms with E-state index in [9.17, 15) is 9.59 Å². The predicted octanol–water partition coefficient (Wildman–Crippen LogP) is 0.841. The van der Waals surface area contributed by atoms with E-state index in [0.717, 1.165) is 25.2 Å². The second kappa shape index (κ2) is 6.27. The molecule has 8 nitrogen and oxygen atoms in total. The number of rotatable bonds is 3. The van der Waals surface area contributed by atoms with Crippen LogP contribution in [0, 0.1) is 0 Å². The third-order valence-electron chi connectivity index (χ3n) is 5.07. The van der Waals surface area contributed by atoms with Crippen LogP contribution in [0.4, 0.5) is 4.79 Å². The molecule has 0 atom stereocenters. The maximum Gasteiger partial charge on any atom is 0.317 e. The molecule has 2 aliphatic heterocycles. The number of aryl methyl sites for hydroxylation is 1. The molecule has 4 heterocycles. The fraction of sp³-hybridized carbons (Fsp3) is 0.471. The zero-order chi connectivity index (χ0) is 17.4. The highest BCUT2D eigenvalue weighted by Crippen LogP contribution is 2.22. The quantitative estimate of drug-likeness (QED) is 0.898. The van der Waals surface area contributed by atoms with Gasteiger partial charge in [-0.3, -0.25) is 9.48 Å². The lowest BCUT2D eigenvalue weighted by molar-refractivity contribution is 0.0666. The van der Waals surface area contributed by atoms with Crippen molar-refractivity contribution in [1.29, 1.82) is 0 Å². The topological polar surface area (TPSA) is 75.4 Å². The summed E-state index contributed by atoms with van der Waals surface area (Å²) < 4.78 is 3.62. The summed E-state index contributed by atoms with van der Waals surface area (Å²) in [4.78, 5) is 28.6. The lowest BCUT2D eigenvalue weighted by Gasteiger charge is -2.36. The summed E-state index contributed by atoms with van der Waals surface area (Å²) in [5.41, 5.74) is 0.607. The fourth-order valence-corrected chi connectivity index (χ4v) is 3.75. The van der Waals surface area contributed by atoms with Crippen LogP contribution in [0.1, 0.15) is 23.2 Å². The smallest absolute Gasteiger partial charge is 0.317 e. The Labute approximate surface area is 146 Å². The molecule has 2 aromatic rings. The minimum atomic E-state index is 0.00104. The Hall–Kier alpha value is -2.77. The minimum absolute atomic E-state index is 0.00104. The first-order chi connectivity index (χ1) is 12.1. The Kier molecular flexibility index (Phi) is 3.95. The van der Waals surface area contributed by atoms with E-state index in [4.69, 9.17) is 0 Å². The van der Waals surface area contributed by atoms with E-state index in [1.807, 2.05) is 45.9 Å². The molecular formula is C17H22N6O2. The van der Waals surface area contributed by atoms with Gasteiger partial charge in [-0.2, -0.15) is 5.10 Å². The van der Waals surface area contributed by atoms with E-state index in [0.29, 0.717) is 25.2 Å². The molecule has 2 fully saturated rings. The molecule has 25 heavy (non-hydrogen) atoms. The molecule has 3 amide bonds. The van der Waals surface area contributed by atoms with E-state index < -0.39 is 0 Å². The van der Waals surface area contributed by atoms with Crippen LogP contribution in [0.15, 0.2) is 30.7 Å². The number of nitrogens with zero attached hydrogens (tertiary/aromatic N) is 5. The molecule has 0 aromatic carbocycles. The zero-order valence-corrected chi connectivity index (χ0v) is 14.3. The van der Waals surface area contributed by atoms with Crippen LogP contribution in [-0.2, 0) is 7.05 Å². The van der Waals surface area contributed by atoms with Crippen molar-refractivity contribution in [3.05, 3.63) is 36.3 Å². The number of piperidine rings is 1. The molecule has 0 unspecified atom stereocenters. The van der Waals surface area contributed by atoms with Crippen molar-refractivity contribution in [1.82, 2.24) is 29.5 Å². The number of aromatic nitrogens is 3. The van der Waals surface area contributed by atoms with Crippen LogP contribution in [-0.4, -0.2) is 68.3 Å². The van der Waals surface area contributed by atoms with E-state index in [-0.39, 0.29) is 18.0 Å². The molecule has 4 rings (SSSR count). The molecule has 0 radical (unpaired) electrons. The van der Waals surface area contributed by atoms with Gasteiger partial charge in [-0.25, -0.2) is 4.79 Å². The first-order valence-corrected chi connectivity index (χ1v) is 8.64. The van der Waals surface area contributed by atoms with Crippen molar-refractivity contribution in [2.45, 2.75) is 18.9 Å². The van der Waals surface area contributed by atoms with Crippen LogP contribution in [0.2, 0.25) is 0 Å². The SMILES string of the molecule is Cn1ncc(C(=O)N2CCC(N3CCNC3=O)CC2)c1-n1cccc1. The van der Waals surface area contributed by atoms with Crippen LogP contribution in [0.5, 0.6) is 0 Å². The summed E-state index contributed by atoms with van der Waals surface area (Å²) in [6.45, 7) is 2.80. The Bertz CT molecular complexity index is 773. The molecule has 2 aromatic heterocycles. The number of carbonyl (C=O) groups excluding carboxylic acids is 2. The van der Waals surface area contributed by atoms with E-state index in [1.54, 1.807) is 10.9 Å². The number of carbonyl (C=O) groups is 2. The monoisotopic (exact) mass is 342 g/mol. The number of nitrogens with one attached hydrogen (secondary N) is 1. The summed E-state index contributed by atoms with van der Waals surface area (Å²) in [6, 6.07) is 4.10. The molecule has 8 heteroatoms. The number of likely N-dealkylation sites (tertiary alicyclic amines) is 1. The normalized spacial score (nSPS) is 18.7. The van der Waals surface area contributed by atoms with Gasteiger partial charge in [0.05, 0.1) is 6.20 Å². The Balaban J connectivity index is 1.47. The largest absolute Gasteiger partial charge is 0.338 e. The van der Waals surface area contributed by atoms with Gasteiger partial charge < -0.3 is 19.7 Å². The van der Waals surface area contributed by atoms with Crippen molar-refractivity contribution in [3.63, 3.8) is 0 Å². The highest BCUT2D eigenvalue weighted by molar-refractivity contribution is 5.97. The van der Waals surface area contributed by atoms with Gasteiger partial charge in [0.2, 0.25) is 0 Å². The lowest BCUT2D eigenvalue weighted by atomic mass is 10.0. The number of amides is 3. The molecule has 1 N–H and O–H groups in total. The summed E-state index contributed by atoms with van der Waals surface area (Å²) in [5.74, 6) is 0.775. The summed E-state index contributed by atoms with van der Waals surface area (Å²) in [6.07, 6.45) is 7.09. The Morgan fingerprint density at radius 2 is 1.92 bits per heavy atom. The summed E-state index contributed by atoms with van der Waals surface area (Å²) >= 11 is 0. The standard InChI is InChI=1S/C17H22N6O2/c1-20-15(21-7-2-3-8-21)14(12-19-20)16(24)22-9-4-13(5-10-22)23-11-6-18-17(23)25/h2-3,7-8,12-13H,4-6,9-11H2,1H3,(H,18,25). The van der Waals surface area contributed by atoms with Crippen molar-refractivity contribution in [3.8, 4) is 5.82 Å². The van der Waals surface area contributed by atoms with Crippen molar-refractivity contribution >= 4 is 11.9 Å². The molecule has 2 saturated heterocycles. The average molecular weight is 342 g/mol. The highest BCUT2D eigenvalue weighted by atomic mass is 16.2. The summed E-state index contributed by atoms with van der Waals surface area (Å²) in [7, 11) is 1.84. The van der Waals surface area contributed by atoms with E-state index in [1.165, 1.54) is 0 Å². The molecule has 0 bridgehead atoms. The van der Waals surface area contributed by atoms with Gasteiger partial charge in [0.15, 0.2) is 0 Å². The van der Waals surface area contributed by atoms with Crippen LogP contribution < -0.4 is 5.32 Å². The van der Waals surface area contributed by atoms with Gasteiger partial charge in [-0.1, -0.05) is 0 Å². The minimum Gasteiger partial charge on any atom is -0.338 e. The Morgan fingerprint density at radius 1 is 1.20 bits per heavy atom. The van der Waals surface area contributed by atoms with Gasteiger partial charge in [0.1, 0.15) is 11.4 Å². The van der Waals surface area contributed by atoms with Crippen molar-refractivity contribution in [2.24, 2.45) is 7.05 Å². The van der Waals surface area contributed by atoms with Crippen molar-refractivity contribution in [2.75, 3.05) is 26.2 Å². The van der Waals surface area contributed by atoms with Gasteiger partial charge in [-0.05, 0) is 25.0 Å². The average Bonchev–Trinajstić information content (AvgIpc) is 3.35. The lowest BCUT2D eigenvalue weighted by Crippen LogP contribution is -2.47. The molecule has 0 saturated carbocycles. The molecule has 0 spiro atoms. The number of hydrogen-bond donors (Lipinski definition) is 1. The van der Waals surface area contributed by atoms with Crippen LogP contribution in [0.25, 0.3) is 5.82 Å². The molecule has 0 aliphatic carbocycles. The maximum absolute atomic E-state index is 13.0. The summed E-state index contributed by atoms with van der Waals surface area (Å²) in [5, 5.41) is 7.11. The third kappa shape index (κ3) is 2.77. The highest BCUT2D eigenvalue weighted by Gasteiger charge is 2.33. The first-order valence-electron chi connectivity index (χ1n) is 8.64. The van der Waals surface area contributed by atoms with Gasteiger partial charge in [-0.15, -0.1) is 0 Å². The number of urea groups is 1. The molecular weight excluding hydrogens is 320 g/mol. The fourth-order valence-electron chi connectivity index (χ4n) is 3.75. The zero-order valence-electron chi connectivity index (χ0n) is 14.3. The Morgan fingerprint density at radius 3 is 2.56 bits per heavy atom. The van der Waals surface area contributed by atoms with Gasteiger partial charge in [0.25, 0.3) is 5.91 Å². The van der Waals surface area contributed by atoms with Crippen molar-refractivity contribution < 1.29 is 9.59 Å². The maximum atomic E-state index is 13.0. The van der Waals surface area contributed by atoms with Gasteiger partial charge in [0, 0.05) is 51.7 Å². The van der Waals surface area contributed by atoms with E-state index in [2.05, 4.69) is 10.4 Å². The second-order valence-corrected chi connectivity index (χ2v) is 6.54. The third-order valence-corrected chi connectivity index (χ3v) is 5.07.